The molecule has 0 radical (unpaired) electrons. The van der Waals surface area contributed by atoms with Gasteiger partial charge in [-0.2, -0.15) is 0 Å². The summed E-state index contributed by atoms with van der Waals surface area (Å²) in [5.41, 5.74) is 0.603. The molecule has 0 fully saturated rings. The molecule has 1 aromatic carbocycles. The van der Waals surface area contributed by atoms with Crippen molar-refractivity contribution in [3.8, 4) is 5.75 Å². The Morgan fingerprint density at radius 2 is 2.10 bits per heavy atom. The Hall–Kier alpha value is -1.30. The summed E-state index contributed by atoms with van der Waals surface area (Å²) >= 11 is 6.08. The molecular formula is C14H20ClNO4. The highest BCUT2D eigenvalue weighted by Gasteiger charge is 2.07. The predicted molar refractivity (Wildman–Crippen MR) is 78.5 cm³/mol. The third kappa shape index (κ3) is 6.23. The van der Waals surface area contributed by atoms with Crippen LogP contribution in [0.1, 0.15) is 13.8 Å². The zero-order valence-electron chi connectivity index (χ0n) is 11.9. The van der Waals surface area contributed by atoms with Gasteiger partial charge in [0.25, 0.3) is 0 Å². The Bertz CT molecular complexity index is 437. The van der Waals surface area contributed by atoms with E-state index in [-0.39, 0.29) is 18.6 Å². The lowest BCUT2D eigenvalue weighted by Crippen LogP contribution is -2.19. The molecule has 0 spiro atoms. The average molecular weight is 302 g/mol. The van der Waals surface area contributed by atoms with Crippen molar-refractivity contribution in [2.75, 3.05) is 32.2 Å². The van der Waals surface area contributed by atoms with E-state index in [0.717, 1.165) is 0 Å². The SMILES string of the molecule is COCCOCC(=O)Nc1ccc(OC(C)C)c(Cl)c1. The first-order chi connectivity index (χ1) is 9.52. The second-order valence-electron chi connectivity index (χ2n) is 4.41. The summed E-state index contributed by atoms with van der Waals surface area (Å²) in [6.45, 7) is 4.66. The first kappa shape index (κ1) is 16.8. The van der Waals surface area contributed by atoms with Crippen molar-refractivity contribution < 1.29 is 19.0 Å². The maximum atomic E-state index is 11.6. The van der Waals surface area contributed by atoms with Gasteiger partial charge in [-0.3, -0.25) is 4.79 Å². The zero-order chi connectivity index (χ0) is 15.0. The zero-order valence-corrected chi connectivity index (χ0v) is 12.7. The van der Waals surface area contributed by atoms with E-state index in [4.69, 9.17) is 25.8 Å². The molecule has 0 aliphatic rings. The molecule has 0 aliphatic heterocycles. The molecule has 0 atom stereocenters. The minimum absolute atomic E-state index is 0.0226. The van der Waals surface area contributed by atoms with Crippen LogP contribution in [0.4, 0.5) is 5.69 Å². The van der Waals surface area contributed by atoms with Crippen LogP contribution in [0.15, 0.2) is 18.2 Å². The van der Waals surface area contributed by atoms with Crippen LogP contribution in [-0.4, -0.2) is 38.9 Å². The molecule has 0 saturated heterocycles. The Kier molecular flexibility index (Phi) is 7.36. The quantitative estimate of drug-likeness (QED) is 0.750. The number of carbonyl (C=O) groups excluding carboxylic acids is 1. The molecule has 1 aromatic rings. The molecule has 0 heterocycles. The normalized spacial score (nSPS) is 10.7. The number of carbonyl (C=O) groups is 1. The fourth-order valence-electron chi connectivity index (χ4n) is 1.43. The Morgan fingerprint density at radius 1 is 1.35 bits per heavy atom. The molecule has 5 nitrogen and oxygen atoms in total. The number of amides is 1. The highest BCUT2D eigenvalue weighted by atomic mass is 35.5. The second-order valence-corrected chi connectivity index (χ2v) is 4.81. The van der Waals surface area contributed by atoms with Gasteiger partial charge in [-0.25, -0.2) is 0 Å². The summed E-state index contributed by atoms with van der Waals surface area (Å²) in [7, 11) is 1.58. The van der Waals surface area contributed by atoms with Crippen molar-refractivity contribution in [2.45, 2.75) is 20.0 Å². The summed E-state index contributed by atoms with van der Waals surface area (Å²) in [5, 5.41) is 3.15. The third-order valence-corrected chi connectivity index (χ3v) is 2.54. The van der Waals surface area contributed by atoms with E-state index in [0.29, 0.717) is 29.7 Å². The number of methoxy groups -OCH3 is 1. The molecule has 1 rings (SSSR count). The average Bonchev–Trinajstić information content (AvgIpc) is 2.37. The van der Waals surface area contributed by atoms with Crippen molar-refractivity contribution in [3.05, 3.63) is 23.2 Å². The summed E-state index contributed by atoms with van der Waals surface area (Å²) in [6, 6.07) is 5.10. The first-order valence-corrected chi connectivity index (χ1v) is 6.73. The maximum Gasteiger partial charge on any atom is 0.250 e. The lowest BCUT2D eigenvalue weighted by molar-refractivity contribution is -0.121. The summed E-state index contributed by atoms with van der Waals surface area (Å²) in [6.07, 6.45) is 0.0436. The second kappa shape index (κ2) is 8.79. The fourth-order valence-corrected chi connectivity index (χ4v) is 1.66. The monoisotopic (exact) mass is 301 g/mol. The Labute approximate surface area is 124 Å². The molecular weight excluding hydrogens is 282 g/mol. The van der Waals surface area contributed by atoms with Crippen molar-refractivity contribution in [3.63, 3.8) is 0 Å². The van der Waals surface area contributed by atoms with E-state index in [1.165, 1.54) is 0 Å². The highest BCUT2D eigenvalue weighted by Crippen LogP contribution is 2.28. The van der Waals surface area contributed by atoms with Gasteiger partial charge < -0.3 is 19.5 Å². The number of nitrogens with one attached hydrogen (secondary N) is 1. The van der Waals surface area contributed by atoms with Gasteiger partial charge in [0.05, 0.1) is 24.3 Å². The van der Waals surface area contributed by atoms with E-state index in [1.807, 2.05) is 13.8 Å². The van der Waals surface area contributed by atoms with Gasteiger partial charge in [0.1, 0.15) is 12.4 Å². The minimum Gasteiger partial charge on any atom is -0.489 e. The number of hydrogen-bond donors (Lipinski definition) is 1. The smallest absolute Gasteiger partial charge is 0.250 e. The van der Waals surface area contributed by atoms with Gasteiger partial charge in [0.15, 0.2) is 0 Å². The Balaban J connectivity index is 2.48. The highest BCUT2D eigenvalue weighted by molar-refractivity contribution is 6.32. The van der Waals surface area contributed by atoms with Crippen molar-refractivity contribution in [1.29, 1.82) is 0 Å². The van der Waals surface area contributed by atoms with E-state index >= 15 is 0 Å². The number of halogens is 1. The van der Waals surface area contributed by atoms with Crippen LogP contribution in [-0.2, 0) is 14.3 Å². The summed E-state index contributed by atoms with van der Waals surface area (Å²) in [5.74, 6) is 0.353. The van der Waals surface area contributed by atoms with Crippen LogP contribution in [0.3, 0.4) is 0 Å². The number of benzene rings is 1. The van der Waals surface area contributed by atoms with E-state index in [9.17, 15) is 4.79 Å². The number of hydrogen-bond acceptors (Lipinski definition) is 4. The van der Waals surface area contributed by atoms with Crippen LogP contribution in [0, 0.1) is 0 Å². The van der Waals surface area contributed by atoms with Crippen molar-refractivity contribution in [1.82, 2.24) is 0 Å². The van der Waals surface area contributed by atoms with E-state index in [2.05, 4.69) is 5.32 Å². The van der Waals surface area contributed by atoms with Gasteiger partial charge in [-0.15, -0.1) is 0 Å². The topological polar surface area (TPSA) is 56.8 Å². The fraction of sp³-hybridized carbons (Fsp3) is 0.500. The van der Waals surface area contributed by atoms with Gasteiger partial charge >= 0.3 is 0 Å². The van der Waals surface area contributed by atoms with E-state index < -0.39 is 0 Å². The lowest BCUT2D eigenvalue weighted by Gasteiger charge is -2.12. The molecule has 0 saturated carbocycles. The third-order valence-electron chi connectivity index (χ3n) is 2.24. The van der Waals surface area contributed by atoms with Gasteiger partial charge in [0, 0.05) is 12.8 Å². The molecule has 20 heavy (non-hydrogen) atoms. The van der Waals surface area contributed by atoms with Gasteiger partial charge in [-0.05, 0) is 32.0 Å². The molecule has 0 bridgehead atoms. The summed E-state index contributed by atoms with van der Waals surface area (Å²) in [4.78, 5) is 11.6. The Morgan fingerprint density at radius 3 is 2.70 bits per heavy atom. The first-order valence-electron chi connectivity index (χ1n) is 6.35. The van der Waals surface area contributed by atoms with Crippen molar-refractivity contribution >= 4 is 23.2 Å². The number of ether oxygens (including phenoxy) is 3. The number of anilines is 1. The maximum absolute atomic E-state index is 11.6. The standard InChI is InChI=1S/C14H20ClNO4/c1-10(2)20-13-5-4-11(8-12(13)15)16-14(17)9-19-7-6-18-3/h4-5,8,10H,6-7,9H2,1-3H3,(H,16,17). The van der Waals surface area contributed by atoms with Crippen LogP contribution in [0.5, 0.6) is 5.75 Å². The molecule has 112 valence electrons. The molecule has 1 amide bonds. The van der Waals surface area contributed by atoms with E-state index in [1.54, 1.807) is 25.3 Å². The number of rotatable bonds is 8. The van der Waals surface area contributed by atoms with Crippen molar-refractivity contribution in [2.24, 2.45) is 0 Å². The lowest BCUT2D eigenvalue weighted by atomic mass is 10.3. The van der Waals surface area contributed by atoms with Crippen LogP contribution >= 0.6 is 11.6 Å². The van der Waals surface area contributed by atoms with Gasteiger partial charge in [0.2, 0.25) is 5.91 Å². The molecule has 1 N–H and O–H groups in total. The van der Waals surface area contributed by atoms with Crippen LogP contribution < -0.4 is 10.1 Å². The largest absolute Gasteiger partial charge is 0.489 e. The molecule has 6 heteroatoms. The van der Waals surface area contributed by atoms with Gasteiger partial charge in [-0.1, -0.05) is 11.6 Å². The minimum atomic E-state index is -0.241. The summed E-state index contributed by atoms with van der Waals surface area (Å²) < 4.78 is 15.4. The molecule has 0 aromatic heterocycles. The molecule has 0 aliphatic carbocycles. The molecule has 0 unspecified atom stereocenters. The predicted octanol–water partition coefficient (Wildman–Crippen LogP) is 2.73. The van der Waals surface area contributed by atoms with Crippen LogP contribution in [0.25, 0.3) is 0 Å². The van der Waals surface area contributed by atoms with Crippen LogP contribution in [0.2, 0.25) is 5.02 Å².